The molecule has 3 aromatic rings. The third kappa shape index (κ3) is 5.00. The van der Waals surface area contributed by atoms with E-state index in [1.807, 2.05) is 0 Å². The van der Waals surface area contributed by atoms with Gasteiger partial charge in [-0.3, -0.25) is 35.9 Å². The number of carbonyl (C=O) groups excluding carboxylic acids is 1. The zero-order chi connectivity index (χ0) is 22.4. The van der Waals surface area contributed by atoms with E-state index in [2.05, 4.69) is 26.1 Å². The molecule has 0 saturated carbocycles. The minimum Gasteiger partial charge on any atom is -0.360 e. The number of nitro groups is 2. The molecule has 13 heteroatoms. The van der Waals surface area contributed by atoms with Crippen LogP contribution in [0.1, 0.15) is 15.9 Å². The van der Waals surface area contributed by atoms with Gasteiger partial charge in [0.2, 0.25) is 11.6 Å². The summed E-state index contributed by atoms with van der Waals surface area (Å²) in [5.41, 5.74) is 4.02. The van der Waals surface area contributed by atoms with Gasteiger partial charge < -0.3 is 5.32 Å². The summed E-state index contributed by atoms with van der Waals surface area (Å²) in [5, 5.41) is 26.0. The molecule has 1 heterocycles. The van der Waals surface area contributed by atoms with Crippen molar-refractivity contribution in [3.05, 3.63) is 91.2 Å². The number of nitro benzene ring substituents is 1. The number of benzene rings is 2. The van der Waals surface area contributed by atoms with Crippen LogP contribution in [0.25, 0.3) is 0 Å². The van der Waals surface area contributed by atoms with Gasteiger partial charge in [-0.2, -0.15) is 0 Å². The molecule has 3 N–H and O–H groups in total. The number of hydrogen-bond donors (Lipinski definition) is 3. The van der Waals surface area contributed by atoms with Gasteiger partial charge in [0.15, 0.2) is 0 Å². The Morgan fingerprint density at radius 3 is 2.35 bits per heavy atom. The maximum absolute atomic E-state index is 12.3. The molecule has 158 valence electrons. The average Bonchev–Trinajstić information content (AvgIpc) is 2.76. The molecule has 0 unspecified atom stereocenters. The predicted molar refractivity (Wildman–Crippen MR) is 112 cm³/mol. The summed E-state index contributed by atoms with van der Waals surface area (Å²) in [6, 6.07) is 12.2. The van der Waals surface area contributed by atoms with E-state index in [0.717, 1.165) is 6.33 Å². The topological polar surface area (TPSA) is 165 Å². The Labute approximate surface area is 179 Å². The molecule has 1 amide bonds. The molecule has 1 aromatic heterocycles. The lowest BCUT2D eigenvalue weighted by Gasteiger charge is -2.11. The fraction of sp³-hybridized carbons (Fsp3) is 0.0556. The minimum absolute atomic E-state index is 0.109. The van der Waals surface area contributed by atoms with Crippen LogP contribution in [0.15, 0.2) is 54.9 Å². The highest BCUT2D eigenvalue weighted by Gasteiger charge is 2.25. The molecule has 0 aliphatic heterocycles. The first kappa shape index (κ1) is 21.4. The van der Waals surface area contributed by atoms with Gasteiger partial charge in [0, 0.05) is 17.6 Å². The second kappa shape index (κ2) is 9.45. The maximum Gasteiger partial charge on any atom is 0.354 e. The number of nitrogens with one attached hydrogen (secondary N) is 3. The van der Waals surface area contributed by atoms with Gasteiger partial charge in [-0.25, -0.2) is 9.97 Å². The van der Waals surface area contributed by atoms with E-state index in [4.69, 9.17) is 11.6 Å². The molecule has 0 aliphatic carbocycles. The number of halogens is 1. The Hall–Kier alpha value is -4.32. The smallest absolute Gasteiger partial charge is 0.354 e. The van der Waals surface area contributed by atoms with Crippen molar-refractivity contribution in [1.82, 2.24) is 15.4 Å². The van der Waals surface area contributed by atoms with E-state index >= 15 is 0 Å². The van der Waals surface area contributed by atoms with E-state index in [-0.39, 0.29) is 23.7 Å². The monoisotopic (exact) mass is 443 g/mol. The van der Waals surface area contributed by atoms with Crippen LogP contribution in [0, 0.1) is 20.2 Å². The van der Waals surface area contributed by atoms with Crippen LogP contribution >= 0.6 is 11.6 Å². The lowest BCUT2D eigenvalue weighted by atomic mass is 10.2. The van der Waals surface area contributed by atoms with E-state index < -0.39 is 27.1 Å². The Bertz CT molecular complexity index is 1160. The number of rotatable bonds is 8. The Kier molecular flexibility index (Phi) is 6.52. The Morgan fingerprint density at radius 1 is 0.968 bits per heavy atom. The zero-order valence-electron chi connectivity index (χ0n) is 15.6. The summed E-state index contributed by atoms with van der Waals surface area (Å²) in [6.45, 7) is 0.152. The number of aromatic nitrogens is 2. The molecular formula is C18H14ClN7O5. The van der Waals surface area contributed by atoms with Crippen LogP contribution in [0.3, 0.4) is 0 Å². The fourth-order valence-electron chi connectivity index (χ4n) is 2.60. The number of nitrogens with zero attached hydrogens (tertiary/aromatic N) is 4. The first-order chi connectivity index (χ1) is 14.9. The summed E-state index contributed by atoms with van der Waals surface area (Å²) in [4.78, 5) is 41.2. The SMILES string of the molecule is O=C(NNc1ncnc(NCc2ccccc2Cl)c1[N+](=O)[O-])c1ccccc1[N+](=O)[O-]. The van der Waals surface area contributed by atoms with Crippen molar-refractivity contribution in [3.63, 3.8) is 0 Å². The Morgan fingerprint density at radius 2 is 1.65 bits per heavy atom. The molecule has 2 aromatic carbocycles. The number of anilines is 2. The summed E-state index contributed by atoms with van der Waals surface area (Å²) in [7, 11) is 0. The van der Waals surface area contributed by atoms with Crippen molar-refractivity contribution in [2.75, 3.05) is 10.7 Å². The van der Waals surface area contributed by atoms with E-state index in [1.165, 1.54) is 24.3 Å². The number of hydrazine groups is 1. The van der Waals surface area contributed by atoms with Crippen molar-refractivity contribution >= 4 is 40.5 Å². The van der Waals surface area contributed by atoms with Crippen molar-refractivity contribution in [2.45, 2.75) is 6.54 Å². The van der Waals surface area contributed by atoms with Crippen LogP contribution in [-0.4, -0.2) is 25.7 Å². The highest BCUT2D eigenvalue weighted by atomic mass is 35.5. The second-order valence-corrected chi connectivity index (χ2v) is 6.38. The molecule has 0 radical (unpaired) electrons. The molecule has 12 nitrogen and oxygen atoms in total. The van der Waals surface area contributed by atoms with Crippen molar-refractivity contribution in [2.24, 2.45) is 0 Å². The minimum atomic E-state index is -0.870. The molecule has 0 spiro atoms. The molecular weight excluding hydrogens is 430 g/mol. The summed E-state index contributed by atoms with van der Waals surface area (Å²) >= 11 is 6.09. The van der Waals surface area contributed by atoms with Crippen molar-refractivity contribution in [3.8, 4) is 0 Å². The van der Waals surface area contributed by atoms with Crippen LogP contribution in [-0.2, 0) is 6.54 Å². The quantitative estimate of drug-likeness (QED) is 0.349. The van der Waals surface area contributed by atoms with Gasteiger partial charge >= 0.3 is 5.69 Å². The summed E-state index contributed by atoms with van der Waals surface area (Å²) in [6.07, 6.45) is 1.06. The molecule has 31 heavy (non-hydrogen) atoms. The van der Waals surface area contributed by atoms with Crippen LogP contribution < -0.4 is 16.2 Å². The van der Waals surface area contributed by atoms with E-state index in [0.29, 0.717) is 10.6 Å². The van der Waals surface area contributed by atoms with Gasteiger partial charge in [-0.1, -0.05) is 41.9 Å². The van der Waals surface area contributed by atoms with E-state index in [1.54, 1.807) is 24.3 Å². The predicted octanol–water partition coefficient (Wildman–Crippen LogP) is 3.32. The highest BCUT2D eigenvalue weighted by Crippen LogP contribution is 2.29. The maximum atomic E-state index is 12.3. The molecule has 0 aliphatic rings. The third-order valence-electron chi connectivity index (χ3n) is 4.05. The van der Waals surface area contributed by atoms with Crippen LogP contribution in [0.5, 0.6) is 0 Å². The highest BCUT2D eigenvalue weighted by molar-refractivity contribution is 6.31. The first-order valence-corrected chi connectivity index (χ1v) is 9.02. The molecule has 3 rings (SSSR count). The third-order valence-corrected chi connectivity index (χ3v) is 4.42. The molecule has 0 fully saturated rings. The second-order valence-electron chi connectivity index (χ2n) is 5.97. The van der Waals surface area contributed by atoms with Gasteiger partial charge in [-0.05, 0) is 17.7 Å². The van der Waals surface area contributed by atoms with E-state index in [9.17, 15) is 25.0 Å². The normalized spacial score (nSPS) is 10.2. The standard InChI is InChI=1S/C18H14ClN7O5/c19-13-7-3-1-5-11(13)9-20-16-15(26(30)31)17(22-10-21-16)23-24-18(27)12-6-2-4-8-14(12)25(28)29/h1-8,10H,9H2,(H,24,27)(H2,20,21,22,23). The number of carbonyl (C=O) groups is 1. The summed E-state index contributed by atoms with van der Waals surface area (Å²) < 4.78 is 0. The summed E-state index contributed by atoms with van der Waals surface area (Å²) in [5.74, 6) is -1.29. The number of hydrogen-bond acceptors (Lipinski definition) is 9. The van der Waals surface area contributed by atoms with Gasteiger partial charge in [-0.15, -0.1) is 0 Å². The average molecular weight is 444 g/mol. The number of amides is 1. The van der Waals surface area contributed by atoms with Crippen LogP contribution in [0.2, 0.25) is 5.02 Å². The van der Waals surface area contributed by atoms with Gasteiger partial charge in [0.1, 0.15) is 11.9 Å². The molecule has 0 atom stereocenters. The lowest BCUT2D eigenvalue weighted by molar-refractivity contribution is -0.385. The lowest BCUT2D eigenvalue weighted by Crippen LogP contribution is -2.31. The van der Waals surface area contributed by atoms with Crippen molar-refractivity contribution < 1.29 is 14.6 Å². The molecule has 0 saturated heterocycles. The zero-order valence-corrected chi connectivity index (χ0v) is 16.4. The van der Waals surface area contributed by atoms with Crippen LogP contribution in [0.4, 0.5) is 23.0 Å². The first-order valence-electron chi connectivity index (χ1n) is 8.65. The van der Waals surface area contributed by atoms with Crippen molar-refractivity contribution in [1.29, 1.82) is 0 Å². The fourth-order valence-corrected chi connectivity index (χ4v) is 2.80. The Balaban J connectivity index is 1.80. The van der Waals surface area contributed by atoms with Gasteiger partial charge in [0.25, 0.3) is 11.6 Å². The molecule has 0 bridgehead atoms. The number of para-hydroxylation sites is 1. The largest absolute Gasteiger partial charge is 0.360 e. The van der Waals surface area contributed by atoms with Gasteiger partial charge in [0.05, 0.1) is 9.85 Å².